The molecule has 170 valence electrons. The predicted octanol–water partition coefficient (Wildman–Crippen LogP) is 4.16. The van der Waals surface area contributed by atoms with Crippen LogP contribution in [0.2, 0.25) is 10.0 Å². The first-order chi connectivity index (χ1) is 15.3. The summed E-state index contributed by atoms with van der Waals surface area (Å²) in [4.78, 5) is 34.1. The molecule has 1 atom stereocenters. The molecular formula is C23H25Cl2N3O4. The molecule has 1 aromatic heterocycles. The molecule has 1 aromatic carbocycles. The Morgan fingerprint density at radius 2 is 1.94 bits per heavy atom. The van der Waals surface area contributed by atoms with E-state index in [-0.39, 0.29) is 26.9 Å². The van der Waals surface area contributed by atoms with Crippen molar-refractivity contribution in [3.63, 3.8) is 0 Å². The second-order valence-electron chi connectivity index (χ2n) is 7.24. The lowest BCUT2D eigenvalue weighted by atomic mass is 9.98. The zero-order valence-corrected chi connectivity index (χ0v) is 19.7. The lowest BCUT2D eigenvalue weighted by Crippen LogP contribution is -2.38. The van der Waals surface area contributed by atoms with Gasteiger partial charge in [-0.1, -0.05) is 43.1 Å². The van der Waals surface area contributed by atoms with Crippen LogP contribution >= 0.6 is 23.2 Å². The Labute approximate surface area is 197 Å². The van der Waals surface area contributed by atoms with Gasteiger partial charge in [0.2, 0.25) is 0 Å². The van der Waals surface area contributed by atoms with E-state index in [1.54, 1.807) is 24.4 Å². The van der Waals surface area contributed by atoms with Gasteiger partial charge in [-0.05, 0) is 37.4 Å². The molecule has 1 fully saturated rings. The molecule has 0 spiro atoms. The molecule has 7 nitrogen and oxygen atoms in total. The Hall–Kier alpha value is -2.61. The number of likely N-dealkylation sites (N-methyl/N-ethyl adjacent to an activating group) is 1. The fraction of sp³-hybridized carbons (Fsp3) is 0.348. The summed E-state index contributed by atoms with van der Waals surface area (Å²) in [5.74, 6) is -1.74. The number of likely N-dealkylation sites (tertiary alicyclic amines) is 1. The number of amides is 1. The minimum atomic E-state index is -0.853. The van der Waals surface area contributed by atoms with Crippen LogP contribution < -0.4 is 4.74 Å². The number of pyridine rings is 1. The van der Waals surface area contributed by atoms with Crippen LogP contribution in [0.1, 0.15) is 31.1 Å². The number of aliphatic hydroxyl groups is 1. The number of Topliss-reactive ketones (excluding diaryl/α,β-unsaturated/α-hetero) is 1. The summed E-state index contributed by atoms with van der Waals surface area (Å²) in [5, 5.41) is 11.7. The number of benzene rings is 1. The lowest BCUT2D eigenvalue weighted by molar-refractivity contribution is -0.140. The summed E-state index contributed by atoms with van der Waals surface area (Å²) in [5.41, 5.74) is 0.525. The fourth-order valence-electron chi connectivity index (χ4n) is 3.83. The third-order valence-electron chi connectivity index (χ3n) is 5.53. The Morgan fingerprint density at radius 3 is 2.53 bits per heavy atom. The van der Waals surface area contributed by atoms with E-state index in [0.717, 1.165) is 13.1 Å². The molecule has 9 heteroatoms. The van der Waals surface area contributed by atoms with Gasteiger partial charge in [-0.25, -0.2) is 0 Å². The zero-order chi connectivity index (χ0) is 23.4. The Morgan fingerprint density at radius 1 is 1.22 bits per heavy atom. The van der Waals surface area contributed by atoms with Crippen molar-refractivity contribution in [1.82, 2.24) is 14.8 Å². The normalized spacial score (nSPS) is 17.9. The van der Waals surface area contributed by atoms with E-state index in [1.807, 2.05) is 13.8 Å². The molecule has 1 amide bonds. The first-order valence-electron chi connectivity index (χ1n) is 10.3. The van der Waals surface area contributed by atoms with Gasteiger partial charge in [0.1, 0.15) is 17.6 Å². The molecule has 2 aromatic rings. The van der Waals surface area contributed by atoms with Gasteiger partial charge in [-0.2, -0.15) is 0 Å². The summed E-state index contributed by atoms with van der Waals surface area (Å²) in [6, 6.07) is 7.29. The molecule has 2 heterocycles. The zero-order valence-electron chi connectivity index (χ0n) is 18.1. The molecule has 1 saturated heterocycles. The maximum absolute atomic E-state index is 13.1. The van der Waals surface area contributed by atoms with Gasteiger partial charge in [0, 0.05) is 24.3 Å². The van der Waals surface area contributed by atoms with Crippen LogP contribution in [0.5, 0.6) is 5.75 Å². The fourth-order valence-corrected chi connectivity index (χ4v) is 4.40. The van der Waals surface area contributed by atoms with E-state index in [1.165, 1.54) is 24.1 Å². The maximum Gasteiger partial charge on any atom is 0.295 e. The van der Waals surface area contributed by atoms with Crippen molar-refractivity contribution in [1.29, 1.82) is 0 Å². The summed E-state index contributed by atoms with van der Waals surface area (Å²) in [6.07, 6.45) is 1.58. The van der Waals surface area contributed by atoms with Crippen molar-refractivity contribution in [2.75, 3.05) is 33.3 Å². The van der Waals surface area contributed by atoms with Crippen molar-refractivity contribution in [2.24, 2.45) is 0 Å². The van der Waals surface area contributed by atoms with E-state index in [4.69, 9.17) is 27.9 Å². The third kappa shape index (κ3) is 4.60. The molecule has 1 N–H and O–H groups in total. The van der Waals surface area contributed by atoms with E-state index < -0.39 is 23.5 Å². The van der Waals surface area contributed by atoms with Crippen molar-refractivity contribution in [2.45, 2.75) is 19.9 Å². The molecule has 32 heavy (non-hydrogen) atoms. The second kappa shape index (κ2) is 10.3. The molecule has 1 aliphatic heterocycles. The van der Waals surface area contributed by atoms with Crippen molar-refractivity contribution in [3.8, 4) is 5.75 Å². The highest BCUT2D eigenvalue weighted by Gasteiger charge is 2.47. The molecule has 1 aliphatic rings. The molecule has 1 unspecified atom stereocenters. The smallest absolute Gasteiger partial charge is 0.295 e. The van der Waals surface area contributed by atoms with E-state index in [0.29, 0.717) is 18.8 Å². The molecule has 0 aliphatic carbocycles. The highest BCUT2D eigenvalue weighted by atomic mass is 35.5. The Kier molecular flexibility index (Phi) is 7.77. The SMILES string of the molecule is CCN(CC)CCN1C(=O)C(=O)/C(=C(/O)c2cc(Cl)cc(Cl)c2OC)C1c1ccccn1. The number of aliphatic hydroxyl groups excluding tert-OH is 1. The van der Waals surface area contributed by atoms with Gasteiger partial charge in [0.25, 0.3) is 11.7 Å². The average molecular weight is 478 g/mol. The monoisotopic (exact) mass is 477 g/mol. The summed E-state index contributed by atoms with van der Waals surface area (Å²) in [6.45, 7) is 6.57. The van der Waals surface area contributed by atoms with Crippen LogP contribution in [0, 0.1) is 0 Å². The molecule has 3 rings (SSSR count). The number of rotatable bonds is 8. The van der Waals surface area contributed by atoms with Gasteiger partial charge < -0.3 is 19.6 Å². The number of halogens is 2. The van der Waals surface area contributed by atoms with Crippen molar-refractivity contribution >= 4 is 40.7 Å². The number of hydrogen-bond acceptors (Lipinski definition) is 6. The number of carbonyl (C=O) groups excluding carboxylic acids is 2. The lowest BCUT2D eigenvalue weighted by Gasteiger charge is -2.27. The van der Waals surface area contributed by atoms with Crippen molar-refractivity contribution < 1.29 is 19.4 Å². The van der Waals surface area contributed by atoms with E-state index in [9.17, 15) is 14.7 Å². The molecular weight excluding hydrogens is 453 g/mol. The number of hydrogen-bond donors (Lipinski definition) is 1. The molecule has 0 bridgehead atoms. The van der Waals surface area contributed by atoms with Crippen LogP contribution in [-0.2, 0) is 9.59 Å². The topological polar surface area (TPSA) is 83.0 Å². The summed E-state index contributed by atoms with van der Waals surface area (Å²) >= 11 is 12.4. The van der Waals surface area contributed by atoms with Crippen molar-refractivity contribution in [3.05, 3.63) is 63.4 Å². The Balaban J connectivity index is 2.17. The van der Waals surface area contributed by atoms with Crippen LogP contribution in [0.4, 0.5) is 0 Å². The standard InChI is InChI=1S/C23H25Cl2N3O4/c1-4-27(5-2)10-11-28-19(17-8-6-7-9-26-17)18(21(30)23(28)31)20(29)15-12-14(24)13-16(25)22(15)32-3/h6-9,12-13,19,29H,4-5,10-11H2,1-3H3/b20-18+. The number of carbonyl (C=O) groups is 2. The highest BCUT2D eigenvalue weighted by molar-refractivity contribution is 6.46. The first-order valence-corrected chi connectivity index (χ1v) is 11.0. The van der Waals surface area contributed by atoms with Gasteiger partial charge in [-0.3, -0.25) is 14.6 Å². The second-order valence-corrected chi connectivity index (χ2v) is 8.09. The van der Waals surface area contributed by atoms with Crippen LogP contribution in [0.3, 0.4) is 0 Å². The summed E-state index contributed by atoms with van der Waals surface area (Å²) < 4.78 is 5.33. The number of aromatic nitrogens is 1. The first kappa shape index (κ1) is 24.0. The van der Waals surface area contributed by atoms with Gasteiger partial charge in [0.05, 0.1) is 29.0 Å². The van der Waals surface area contributed by atoms with Crippen LogP contribution in [-0.4, -0.2) is 64.9 Å². The van der Waals surface area contributed by atoms with Crippen LogP contribution in [0.25, 0.3) is 5.76 Å². The van der Waals surface area contributed by atoms with Crippen LogP contribution in [0.15, 0.2) is 42.1 Å². The van der Waals surface area contributed by atoms with Gasteiger partial charge in [0.15, 0.2) is 0 Å². The maximum atomic E-state index is 13.1. The quantitative estimate of drug-likeness (QED) is 0.349. The number of ether oxygens (including phenoxy) is 1. The summed E-state index contributed by atoms with van der Waals surface area (Å²) in [7, 11) is 1.39. The third-order valence-corrected chi connectivity index (χ3v) is 6.03. The minimum absolute atomic E-state index is 0.0788. The number of ketones is 1. The predicted molar refractivity (Wildman–Crippen MR) is 124 cm³/mol. The number of nitrogens with zero attached hydrogens (tertiary/aromatic N) is 3. The largest absolute Gasteiger partial charge is 0.507 e. The molecule has 0 saturated carbocycles. The molecule has 0 radical (unpaired) electrons. The van der Waals surface area contributed by atoms with Gasteiger partial charge in [-0.15, -0.1) is 0 Å². The Bertz CT molecular complexity index is 1040. The van der Waals surface area contributed by atoms with E-state index in [2.05, 4.69) is 9.88 Å². The van der Waals surface area contributed by atoms with E-state index >= 15 is 0 Å². The van der Waals surface area contributed by atoms with Gasteiger partial charge >= 0.3 is 0 Å². The average Bonchev–Trinajstić information content (AvgIpc) is 3.04. The highest BCUT2D eigenvalue weighted by Crippen LogP contribution is 2.42. The number of methoxy groups -OCH3 is 1. The minimum Gasteiger partial charge on any atom is -0.507 e.